The van der Waals surface area contributed by atoms with Crippen molar-refractivity contribution in [2.45, 2.75) is 26.3 Å². The fraction of sp³-hybridized carbons (Fsp3) is 0.385. The van der Waals surface area contributed by atoms with Gasteiger partial charge in [0, 0.05) is 5.56 Å². The lowest BCUT2D eigenvalue weighted by molar-refractivity contribution is 0.0954. The van der Waals surface area contributed by atoms with Gasteiger partial charge in [-0.25, -0.2) is 10.4 Å². The van der Waals surface area contributed by atoms with E-state index in [1.165, 1.54) is 0 Å². The normalized spacial score (nSPS) is 12.8. The Labute approximate surface area is 144 Å². The number of hydrogen-bond acceptors (Lipinski definition) is 3. The molecule has 2 aromatic rings. The molecule has 2 rings (SSSR count). The number of aromatic nitrogens is 2. The van der Waals surface area contributed by atoms with Gasteiger partial charge in [-0.1, -0.05) is 6.92 Å². The van der Waals surface area contributed by atoms with Gasteiger partial charge in [0.1, 0.15) is 0 Å². The Kier molecular flexibility index (Phi) is 4.90. The van der Waals surface area contributed by atoms with E-state index in [0.717, 1.165) is 23.0 Å². The number of benzene rings is 1. The van der Waals surface area contributed by atoms with E-state index in [1.54, 1.807) is 12.6 Å². The van der Waals surface area contributed by atoms with E-state index < -0.39 is 0 Å². The number of rotatable bonds is 4. The Morgan fingerprint density at radius 1 is 1.30 bits per heavy atom. The molecule has 0 spiro atoms. The summed E-state index contributed by atoms with van der Waals surface area (Å²) in [6.45, 7) is 3.85. The highest BCUT2D eigenvalue weighted by molar-refractivity contribution is 14.1. The quantitative estimate of drug-likeness (QED) is 0.520. The summed E-state index contributed by atoms with van der Waals surface area (Å²) >= 11 is 3.95. The van der Waals surface area contributed by atoms with Crippen molar-refractivity contribution < 1.29 is 4.79 Å². The van der Waals surface area contributed by atoms with Crippen LogP contribution in [0.1, 0.15) is 29.8 Å². The van der Waals surface area contributed by atoms with E-state index in [2.05, 4.69) is 5.32 Å². The number of Topliss-reactive ketones (excluding diaryl/α,β-unsaturated/α-hetero) is 1. The molecule has 108 valence electrons. The van der Waals surface area contributed by atoms with Crippen molar-refractivity contribution in [2.24, 2.45) is 0 Å². The Balaban J connectivity index is 2.75. The van der Waals surface area contributed by atoms with Crippen LogP contribution < -0.4 is 11.0 Å². The molecule has 1 aromatic heterocycles. The highest BCUT2D eigenvalue weighted by atomic mass is 127. The number of aryl methyl sites for hydroxylation is 1. The molecule has 0 amide bonds. The van der Waals surface area contributed by atoms with Crippen molar-refractivity contribution >= 4 is 62.5 Å². The molecule has 0 aliphatic rings. The van der Waals surface area contributed by atoms with Gasteiger partial charge in [-0.15, -0.1) is 0 Å². The number of carbonyl (C=O) groups excluding carboxylic acids is 1. The van der Waals surface area contributed by atoms with E-state index in [1.807, 2.05) is 71.7 Å². The van der Waals surface area contributed by atoms with Crippen molar-refractivity contribution in [3.05, 3.63) is 33.7 Å². The predicted octanol–water partition coefficient (Wildman–Crippen LogP) is 2.55. The molecule has 1 unspecified atom stereocenters. The van der Waals surface area contributed by atoms with Crippen LogP contribution in [0.5, 0.6) is 0 Å². The lowest BCUT2D eigenvalue weighted by Gasteiger charge is -2.13. The van der Waals surface area contributed by atoms with Gasteiger partial charge in [0.15, 0.2) is 5.78 Å². The highest BCUT2D eigenvalue weighted by Crippen LogP contribution is 2.24. The van der Waals surface area contributed by atoms with Crippen LogP contribution in [-0.4, -0.2) is 24.4 Å². The number of hydrogen-bond donors (Lipinski definition) is 1. The third kappa shape index (κ3) is 2.54. The Morgan fingerprint density at radius 3 is 2.35 bits per heavy atom. The maximum atomic E-state index is 12.4. The van der Waals surface area contributed by atoms with E-state index in [4.69, 9.17) is 0 Å². The number of likely N-dealkylation sites (N-methyl/N-ethyl adjacent to an activating group) is 1. The molecule has 1 atom stereocenters. The molecule has 5 nitrogen and oxygen atoms in total. The second-order valence-electron chi connectivity index (χ2n) is 4.57. The number of carbonyl (C=O) groups is 1. The molecular formula is C13H15I2N3O2. The van der Waals surface area contributed by atoms with Gasteiger partial charge in [-0.05, 0) is 38.1 Å². The SMILES string of the molecule is CCc1cc2c(cc1C(=O)C(C)NC)n(I)c(=O)n2I. The first kappa shape index (κ1) is 16.0. The Hall–Kier alpha value is -0.420. The van der Waals surface area contributed by atoms with Crippen LogP contribution in [-0.2, 0) is 6.42 Å². The minimum atomic E-state index is -0.242. The maximum Gasteiger partial charge on any atom is 0.347 e. The van der Waals surface area contributed by atoms with E-state index in [9.17, 15) is 9.59 Å². The van der Waals surface area contributed by atoms with Crippen LogP contribution in [0.3, 0.4) is 0 Å². The average molecular weight is 499 g/mol. The summed E-state index contributed by atoms with van der Waals surface area (Å²) in [5, 5.41) is 2.97. The van der Waals surface area contributed by atoms with Gasteiger partial charge in [0.2, 0.25) is 0 Å². The zero-order valence-corrected chi connectivity index (χ0v) is 15.7. The number of ketones is 1. The van der Waals surface area contributed by atoms with Gasteiger partial charge < -0.3 is 5.32 Å². The summed E-state index contributed by atoms with van der Waals surface area (Å²) in [6.07, 6.45) is 0.755. The van der Waals surface area contributed by atoms with E-state index in [-0.39, 0.29) is 17.5 Å². The maximum absolute atomic E-state index is 12.4. The van der Waals surface area contributed by atoms with Crippen molar-refractivity contribution in [1.29, 1.82) is 0 Å². The standard InChI is InChI=1S/C13H15I2N3O2/c1-4-8-5-10-11(18(15)13(20)17(10)14)6-9(8)12(19)7(2)16-3/h5-7,16H,4H2,1-3H3. The zero-order valence-electron chi connectivity index (χ0n) is 11.4. The Morgan fingerprint density at radius 2 is 1.85 bits per heavy atom. The third-order valence-electron chi connectivity index (χ3n) is 3.43. The van der Waals surface area contributed by atoms with Gasteiger partial charge in [0.05, 0.1) is 62.8 Å². The molecule has 1 heterocycles. The van der Waals surface area contributed by atoms with Crippen LogP contribution in [0.4, 0.5) is 0 Å². The number of nitrogens with one attached hydrogen (secondary N) is 1. The van der Waals surface area contributed by atoms with Crippen LogP contribution in [0, 0.1) is 0 Å². The largest absolute Gasteiger partial charge is 0.347 e. The molecule has 0 fully saturated rings. The van der Waals surface area contributed by atoms with E-state index in [0.29, 0.717) is 5.56 Å². The molecule has 0 bridgehead atoms. The first-order valence-electron chi connectivity index (χ1n) is 6.26. The number of nitrogens with zero attached hydrogens (tertiary/aromatic N) is 2. The number of halogens is 2. The summed E-state index contributed by atoms with van der Waals surface area (Å²) < 4.78 is 3.12. The summed E-state index contributed by atoms with van der Waals surface area (Å²) in [5.41, 5.74) is 3.17. The fourth-order valence-electron chi connectivity index (χ4n) is 2.10. The summed E-state index contributed by atoms with van der Waals surface area (Å²) in [6, 6.07) is 3.52. The van der Waals surface area contributed by atoms with E-state index >= 15 is 0 Å². The summed E-state index contributed by atoms with van der Waals surface area (Å²) in [4.78, 5) is 24.4. The highest BCUT2D eigenvalue weighted by Gasteiger charge is 2.20. The number of imidazole rings is 1. The lowest BCUT2D eigenvalue weighted by atomic mass is 9.97. The topological polar surface area (TPSA) is 56.0 Å². The van der Waals surface area contributed by atoms with Crippen molar-refractivity contribution in [2.75, 3.05) is 7.05 Å². The van der Waals surface area contributed by atoms with Gasteiger partial charge >= 0.3 is 5.69 Å². The molecule has 7 heteroatoms. The smallest absolute Gasteiger partial charge is 0.310 e. The minimum absolute atomic E-state index is 0.0521. The molecule has 0 aliphatic heterocycles. The molecular weight excluding hydrogens is 484 g/mol. The number of fused-ring (bicyclic) bond motifs is 1. The van der Waals surface area contributed by atoms with Gasteiger partial charge in [-0.3, -0.25) is 4.79 Å². The first-order chi connectivity index (χ1) is 9.42. The first-order valence-corrected chi connectivity index (χ1v) is 8.19. The zero-order chi connectivity index (χ0) is 15.0. The Bertz CT molecular complexity index is 733. The third-order valence-corrected chi connectivity index (χ3v) is 5.30. The summed E-state index contributed by atoms with van der Waals surface area (Å²) in [7, 11) is 1.77. The van der Waals surface area contributed by atoms with Crippen LogP contribution in [0.25, 0.3) is 11.0 Å². The lowest BCUT2D eigenvalue weighted by Crippen LogP contribution is -2.31. The molecule has 0 radical (unpaired) electrons. The van der Waals surface area contributed by atoms with Gasteiger partial charge in [-0.2, -0.15) is 0 Å². The second-order valence-corrected chi connectivity index (χ2v) is 6.50. The molecule has 1 N–H and O–H groups in total. The molecule has 0 saturated heterocycles. The van der Waals surface area contributed by atoms with Crippen molar-refractivity contribution in [1.82, 2.24) is 10.9 Å². The van der Waals surface area contributed by atoms with Crippen molar-refractivity contribution in [3.8, 4) is 0 Å². The monoisotopic (exact) mass is 499 g/mol. The minimum Gasteiger partial charge on any atom is -0.310 e. The fourth-order valence-corrected chi connectivity index (χ4v) is 3.72. The summed E-state index contributed by atoms with van der Waals surface area (Å²) in [5.74, 6) is 0.0521. The molecule has 20 heavy (non-hydrogen) atoms. The second kappa shape index (κ2) is 6.14. The van der Waals surface area contributed by atoms with Gasteiger partial charge in [0.25, 0.3) is 0 Å². The van der Waals surface area contributed by atoms with Crippen molar-refractivity contribution in [3.63, 3.8) is 0 Å². The average Bonchev–Trinajstić information content (AvgIpc) is 2.68. The molecule has 0 aliphatic carbocycles. The van der Waals surface area contributed by atoms with Crippen LogP contribution in [0.15, 0.2) is 16.9 Å². The predicted molar refractivity (Wildman–Crippen MR) is 97.3 cm³/mol. The van der Waals surface area contributed by atoms with Crippen LogP contribution >= 0.6 is 45.7 Å². The molecule has 1 aromatic carbocycles. The molecule has 0 saturated carbocycles. The van der Waals surface area contributed by atoms with Crippen LogP contribution in [0.2, 0.25) is 0 Å².